The number of methoxy groups -OCH3 is 3. The highest BCUT2D eigenvalue weighted by Gasteiger charge is 2.30. The average molecular weight is 417 g/mol. The molecule has 1 heterocycles. The molecule has 1 atom stereocenters. The van der Waals surface area contributed by atoms with Crippen LogP contribution in [0.2, 0.25) is 0 Å². The Morgan fingerprint density at radius 1 is 1.03 bits per heavy atom. The molecule has 0 spiro atoms. The number of aliphatic hydroxyl groups excluding tert-OH is 1. The molecule has 30 heavy (non-hydrogen) atoms. The maximum Gasteiger partial charge on any atom is 0.164 e. The third kappa shape index (κ3) is 4.93. The van der Waals surface area contributed by atoms with Crippen LogP contribution in [-0.4, -0.2) is 38.6 Å². The Kier molecular flexibility index (Phi) is 6.98. The van der Waals surface area contributed by atoms with Gasteiger partial charge in [-0.1, -0.05) is 0 Å². The summed E-state index contributed by atoms with van der Waals surface area (Å²) in [5.74, 6) is 3.56. The van der Waals surface area contributed by atoms with Gasteiger partial charge in [-0.3, -0.25) is 0 Å². The van der Waals surface area contributed by atoms with E-state index in [0.29, 0.717) is 36.7 Å². The molecule has 1 aliphatic rings. The molecule has 0 saturated carbocycles. The van der Waals surface area contributed by atoms with E-state index in [0.717, 1.165) is 35.5 Å². The smallest absolute Gasteiger partial charge is 0.164 e. The molecule has 0 saturated heterocycles. The zero-order chi connectivity index (χ0) is 21.7. The van der Waals surface area contributed by atoms with Crippen molar-refractivity contribution in [1.82, 2.24) is 0 Å². The summed E-state index contributed by atoms with van der Waals surface area (Å²) in [5, 5.41) is 10.8. The summed E-state index contributed by atoms with van der Waals surface area (Å²) >= 11 is 0. The molecule has 2 aromatic carbocycles. The van der Waals surface area contributed by atoms with Crippen molar-refractivity contribution in [2.75, 3.05) is 27.9 Å². The van der Waals surface area contributed by atoms with Crippen molar-refractivity contribution < 1.29 is 28.8 Å². The summed E-state index contributed by atoms with van der Waals surface area (Å²) in [4.78, 5) is 0. The third-order valence-corrected chi connectivity index (χ3v) is 5.42. The molecule has 0 amide bonds. The first kappa shape index (κ1) is 22.1. The lowest BCUT2D eigenvalue weighted by Crippen LogP contribution is -2.32. The van der Waals surface area contributed by atoms with Crippen LogP contribution in [0.3, 0.4) is 0 Å². The predicted molar refractivity (Wildman–Crippen MR) is 115 cm³/mol. The molecular weight excluding hydrogens is 384 g/mol. The van der Waals surface area contributed by atoms with Gasteiger partial charge in [0.05, 0.1) is 34.0 Å². The van der Waals surface area contributed by atoms with E-state index in [4.69, 9.17) is 23.7 Å². The fraction of sp³-hybridized carbons (Fsp3) is 0.500. The second kappa shape index (κ2) is 9.47. The Morgan fingerprint density at radius 2 is 1.80 bits per heavy atom. The molecule has 0 bridgehead atoms. The van der Waals surface area contributed by atoms with Gasteiger partial charge in [0.1, 0.15) is 22.8 Å². The Morgan fingerprint density at radius 3 is 2.50 bits per heavy atom. The highest BCUT2D eigenvalue weighted by Crippen LogP contribution is 2.42. The van der Waals surface area contributed by atoms with Gasteiger partial charge in [-0.15, -0.1) is 0 Å². The lowest BCUT2D eigenvalue weighted by Gasteiger charge is -2.34. The molecule has 0 aromatic heterocycles. The van der Waals surface area contributed by atoms with E-state index in [1.54, 1.807) is 27.4 Å². The molecule has 0 fully saturated rings. The number of aliphatic hydroxyl groups is 1. The van der Waals surface area contributed by atoms with E-state index in [-0.39, 0.29) is 5.60 Å². The first-order valence-corrected chi connectivity index (χ1v) is 10.3. The molecule has 1 aliphatic heterocycles. The van der Waals surface area contributed by atoms with Crippen molar-refractivity contribution in [2.24, 2.45) is 0 Å². The summed E-state index contributed by atoms with van der Waals surface area (Å²) < 4.78 is 28.1. The number of hydrogen-bond acceptors (Lipinski definition) is 6. The summed E-state index contributed by atoms with van der Waals surface area (Å²) in [7, 11) is 4.84. The van der Waals surface area contributed by atoms with Crippen LogP contribution < -0.4 is 23.7 Å². The topological polar surface area (TPSA) is 66.4 Å². The van der Waals surface area contributed by atoms with Gasteiger partial charge in [-0.25, -0.2) is 0 Å². The third-order valence-electron chi connectivity index (χ3n) is 5.42. The van der Waals surface area contributed by atoms with Crippen molar-refractivity contribution >= 4 is 0 Å². The minimum atomic E-state index is -0.630. The lowest BCUT2D eigenvalue weighted by atomic mass is 9.91. The Balaban J connectivity index is 1.60. The van der Waals surface area contributed by atoms with Crippen molar-refractivity contribution in [1.29, 1.82) is 0 Å². The van der Waals surface area contributed by atoms with Gasteiger partial charge >= 0.3 is 0 Å². The fourth-order valence-corrected chi connectivity index (χ4v) is 3.77. The largest absolute Gasteiger partial charge is 0.496 e. The fourth-order valence-electron chi connectivity index (χ4n) is 3.77. The van der Waals surface area contributed by atoms with Gasteiger partial charge in [0, 0.05) is 17.2 Å². The monoisotopic (exact) mass is 416 g/mol. The molecule has 6 heteroatoms. The van der Waals surface area contributed by atoms with Crippen molar-refractivity contribution in [2.45, 2.75) is 51.2 Å². The van der Waals surface area contributed by atoms with Crippen LogP contribution >= 0.6 is 0 Å². The first-order valence-electron chi connectivity index (χ1n) is 10.3. The van der Waals surface area contributed by atoms with Gasteiger partial charge in [0.2, 0.25) is 0 Å². The van der Waals surface area contributed by atoms with Crippen molar-refractivity contribution in [3.05, 3.63) is 41.5 Å². The Hall–Kier alpha value is -2.60. The molecule has 3 rings (SSSR count). The van der Waals surface area contributed by atoms with Crippen LogP contribution in [0.15, 0.2) is 30.3 Å². The Labute approximate surface area is 178 Å². The molecule has 0 aliphatic carbocycles. The zero-order valence-corrected chi connectivity index (χ0v) is 18.5. The zero-order valence-electron chi connectivity index (χ0n) is 18.5. The number of hydrogen-bond donors (Lipinski definition) is 1. The van der Waals surface area contributed by atoms with Crippen LogP contribution in [0.1, 0.15) is 50.3 Å². The van der Waals surface area contributed by atoms with E-state index >= 15 is 0 Å². The maximum absolute atomic E-state index is 10.8. The molecule has 1 unspecified atom stereocenters. The number of benzene rings is 2. The van der Waals surface area contributed by atoms with Crippen molar-refractivity contribution in [3.8, 4) is 28.7 Å². The molecule has 2 aromatic rings. The minimum Gasteiger partial charge on any atom is -0.496 e. The van der Waals surface area contributed by atoms with Crippen LogP contribution in [0, 0.1) is 0 Å². The maximum atomic E-state index is 10.8. The molecule has 1 N–H and O–H groups in total. The van der Waals surface area contributed by atoms with E-state index < -0.39 is 6.10 Å². The van der Waals surface area contributed by atoms with Gasteiger partial charge in [-0.2, -0.15) is 0 Å². The summed E-state index contributed by atoms with van der Waals surface area (Å²) in [5.41, 5.74) is 1.65. The van der Waals surface area contributed by atoms with Crippen LogP contribution in [0.4, 0.5) is 0 Å². The standard InChI is InChI=1S/C24H32O6/c1-24(2)13-12-18-20(30-24)11-9-17(23(18)28-5)19(25)7-6-14-29-16-8-10-21(26-3)22(15-16)27-4/h8-11,15,19,25H,6-7,12-14H2,1-5H3. The van der Waals surface area contributed by atoms with Gasteiger partial charge < -0.3 is 28.8 Å². The lowest BCUT2D eigenvalue weighted by molar-refractivity contribution is 0.0829. The normalized spacial score (nSPS) is 15.5. The van der Waals surface area contributed by atoms with Crippen LogP contribution in [0.25, 0.3) is 0 Å². The van der Waals surface area contributed by atoms with E-state index in [1.807, 2.05) is 24.3 Å². The first-order chi connectivity index (χ1) is 14.4. The highest BCUT2D eigenvalue weighted by atomic mass is 16.5. The summed E-state index contributed by atoms with van der Waals surface area (Å²) in [6.45, 7) is 4.66. The number of rotatable bonds is 9. The summed E-state index contributed by atoms with van der Waals surface area (Å²) in [6, 6.07) is 9.29. The average Bonchev–Trinajstić information content (AvgIpc) is 2.74. The second-order valence-corrected chi connectivity index (χ2v) is 8.05. The quantitative estimate of drug-likeness (QED) is 0.597. The van der Waals surface area contributed by atoms with E-state index in [2.05, 4.69) is 13.8 Å². The van der Waals surface area contributed by atoms with Gasteiger partial charge in [0.25, 0.3) is 0 Å². The SMILES string of the molecule is COc1ccc(OCCCC(O)c2ccc3c(c2OC)CCC(C)(C)O3)cc1OC. The molecule has 6 nitrogen and oxygen atoms in total. The molecule has 164 valence electrons. The Bertz CT molecular complexity index is 861. The van der Waals surface area contributed by atoms with E-state index in [1.165, 1.54) is 0 Å². The van der Waals surface area contributed by atoms with Gasteiger partial charge in [0.15, 0.2) is 11.5 Å². The number of fused-ring (bicyclic) bond motifs is 1. The predicted octanol–water partition coefficient (Wildman–Crippen LogP) is 4.71. The van der Waals surface area contributed by atoms with Crippen LogP contribution in [-0.2, 0) is 6.42 Å². The number of ether oxygens (including phenoxy) is 5. The minimum absolute atomic E-state index is 0.181. The molecular formula is C24H32O6. The van der Waals surface area contributed by atoms with Crippen molar-refractivity contribution in [3.63, 3.8) is 0 Å². The van der Waals surface area contributed by atoms with Gasteiger partial charge in [-0.05, 0) is 63.8 Å². The van der Waals surface area contributed by atoms with E-state index in [9.17, 15) is 5.11 Å². The molecule has 0 radical (unpaired) electrons. The second-order valence-electron chi connectivity index (χ2n) is 8.05. The van der Waals surface area contributed by atoms with Crippen LogP contribution in [0.5, 0.6) is 28.7 Å². The summed E-state index contributed by atoms with van der Waals surface area (Å²) in [6.07, 6.45) is 2.41. The highest BCUT2D eigenvalue weighted by molar-refractivity contribution is 5.52.